The number of aromatic hydroxyl groups is 1. The Morgan fingerprint density at radius 2 is 2.04 bits per heavy atom. The second kappa shape index (κ2) is 8.36. The number of phenolic OH excluding ortho intramolecular Hbond substituents is 1. The molecule has 0 aromatic heterocycles. The van der Waals surface area contributed by atoms with Gasteiger partial charge in [-0.3, -0.25) is 5.43 Å². The number of hydrogen-bond donors (Lipinski definition) is 3. The average molecular weight is 350 g/mol. The number of benzene rings is 2. The molecule has 0 amide bonds. The maximum atomic E-state index is 9.66. The average Bonchev–Trinajstić information content (AvgIpc) is 2.56. The topological polar surface area (TPSA) is 65.9 Å². The smallest absolute Gasteiger partial charge is 0.187 e. The standard InChI is InChI=1S/C16H16ClN3O2S/c1-22-14-5-2-11(3-6-14)9-18-16(23)20-19-10-12-8-13(17)4-7-15(12)21/h2-8,10,21H,9H2,1H3,(H2,18,20,23)/b19-10+. The van der Waals surface area contributed by atoms with E-state index < -0.39 is 0 Å². The summed E-state index contributed by atoms with van der Waals surface area (Å²) in [5.41, 5.74) is 4.25. The highest BCUT2D eigenvalue weighted by Crippen LogP contribution is 2.19. The van der Waals surface area contributed by atoms with Crippen molar-refractivity contribution in [2.45, 2.75) is 6.54 Å². The van der Waals surface area contributed by atoms with Gasteiger partial charge >= 0.3 is 0 Å². The lowest BCUT2D eigenvalue weighted by Gasteiger charge is -2.08. The van der Waals surface area contributed by atoms with Crippen LogP contribution in [-0.2, 0) is 6.54 Å². The fourth-order valence-corrected chi connectivity index (χ4v) is 2.06. The van der Waals surface area contributed by atoms with Gasteiger partial charge in [-0.25, -0.2) is 0 Å². The lowest BCUT2D eigenvalue weighted by Crippen LogP contribution is -2.31. The van der Waals surface area contributed by atoms with Crippen molar-refractivity contribution >= 4 is 35.1 Å². The summed E-state index contributed by atoms with van der Waals surface area (Å²) in [4.78, 5) is 0. The normalized spacial score (nSPS) is 10.5. The van der Waals surface area contributed by atoms with Crippen molar-refractivity contribution in [1.29, 1.82) is 0 Å². The molecule has 2 aromatic carbocycles. The zero-order valence-corrected chi connectivity index (χ0v) is 14.0. The fraction of sp³-hybridized carbons (Fsp3) is 0.125. The molecule has 0 spiro atoms. The van der Waals surface area contributed by atoms with Gasteiger partial charge in [0, 0.05) is 17.1 Å². The van der Waals surface area contributed by atoms with Crippen molar-refractivity contribution in [3.05, 3.63) is 58.6 Å². The number of methoxy groups -OCH3 is 1. The van der Waals surface area contributed by atoms with Gasteiger partial charge < -0.3 is 15.2 Å². The van der Waals surface area contributed by atoms with Crippen LogP contribution in [0.4, 0.5) is 0 Å². The highest BCUT2D eigenvalue weighted by Gasteiger charge is 1.99. The molecule has 0 aliphatic heterocycles. The molecule has 2 aromatic rings. The minimum absolute atomic E-state index is 0.0945. The zero-order valence-electron chi connectivity index (χ0n) is 12.4. The Labute approximate surface area is 144 Å². The minimum atomic E-state index is 0.0945. The van der Waals surface area contributed by atoms with Gasteiger partial charge in [0.25, 0.3) is 0 Å². The van der Waals surface area contributed by atoms with Crippen LogP contribution in [0.5, 0.6) is 11.5 Å². The molecule has 0 radical (unpaired) electrons. The SMILES string of the molecule is COc1ccc(CNC(=S)N/N=C/c2cc(Cl)ccc2O)cc1. The number of phenols is 1. The van der Waals surface area contributed by atoms with Crippen LogP contribution in [0.15, 0.2) is 47.6 Å². The Morgan fingerprint density at radius 3 is 2.74 bits per heavy atom. The van der Waals surface area contributed by atoms with Crippen molar-refractivity contribution in [3.63, 3.8) is 0 Å². The first-order chi connectivity index (χ1) is 11.1. The van der Waals surface area contributed by atoms with Crippen molar-refractivity contribution in [2.75, 3.05) is 7.11 Å². The number of thiocarbonyl (C=S) groups is 1. The summed E-state index contributed by atoms with van der Waals surface area (Å²) in [5.74, 6) is 0.900. The molecule has 7 heteroatoms. The van der Waals surface area contributed by atoms with E-state index in [1.807, 2.05) is 24.3 Å². The van der Waals surface area contributed by atoms with Gasteiger partial charge in [0.15, 0.2) is 5.11 Å². The molecule has 0 saturated carbocycles. The third-order valence-electron chi connectivity index (χ3n) is 2.97. The highest BCUT2D eigenvalue weighted by molar-refractivity contribution is 7.80. The lowest BCUT2D eigenvalue weighted by atomic mass is 10.2. The zero-order chi connectivity index (χ0) is 16.7. The van der Waals surface area contributed by atoms with E-state index in [0.717, 1.165) is 11.3 Å². The molecule has 0 fully saturated rings. The van der Waals surface area contributed by atoms with E-state index >= 15 is 0 Å². The number of hydrazone groups is 1. The van der Waals surface area contributed by atoms with Crippen molar-refractivity contribution in [3.8, 4) is 11.5 Å². The van der Waals surface area contributed by atoms with Gasteiger partial charge in [0.1, 0.15) is 11.5 Å². The summed E-state index contributed by atoms with van der Waals surface area (Å²) in [6, 6.07) is 12.4. The molecular weight excluding hydrogens is 334 g/mol. The van der Waals surface area contributed by atoms with E-state index in [-0.39, 0.29) is 5.75 Å². The van der Waals surface area contributed by atoms with Crippen LogP contribution < -0.4 is 15.5 Å². The molecule has 0 aliphatic rings. The van der Waals surface area contributed by atoms with Crippen LogP contribution in [0.25, 0.3) is 0 Å². The van der Waals surface area contributed by atoms with Gasteiger partial charge in [-0.1, -0.05) is 23.7 Å². The van der Waals surface area contributed by atoms with Crippen LogP contribution in [0.1, 0.15) is 11.1 Å². The number of ether oxygens (including phenoxy) is 1. The summed E-state index contributed by atoms with van der Waals surface area (Å²) < 4.78 is 5.10. The van der Waals surface area contributed by atoms with Crippen molar-refractivity contribution in [1.82, 2.24) is 10.7 Å². The van der Waals surface area contributed by atoms with Crippen molar-refractivity contribution < 1.29 is 9.84 Å². The molecular formula is C16H16ClN3O2S. The van der Waals surface area contributed by atoms with E-state index in [4.69, 9.17) is 28.6 Å². The van der Waals surface area contributed by atoms with Gasteiger partial charge in [0.2, 0.25) is 0 Å². The first-order valence-corrected chi connectivity index (χ1v) is 7.55. The van der Waals surface area contributed by atoms with E-state index in [2.05, 4.69) is 15.8 Å². The minimum Gasteiger partial charge on any atom is -0.507 e. The Hall–Kier alpha value is -2.31. The second-order valence-corrected chi connectivity index (χ2v) is 5.45. The molecule has 2 rings (SSSR count). The summed E-state index contributed by atoms with van der Waals surface area (Å²) in [5, 5.41) is 17.5. The number of hydrogen-bond acceptors (Lipinski definition) is 4. The molecule has 0 heterocycles. The molecule has 5 nitrogen and oxygen atoms in total. The lowest BCUT2D eigenvalue weighted by molar-refractivity contribution is 0.414. The molecule has 120 valence electrons. The van der Waals surface area contributed by atoms with Crippen molar-refractivity contribution in [2.24, 2.45) is 5.10 Å². The van der Waals surface area contributed by atoms with E-state index in [9.17, 15) is 5.11 Å². The number of rotatable bonds is 5. The Balaban J connectivity index is 1.82. The molecule has 0 atom stereocenters. The number of nitrogens with zero attached hydrogens (tertiary/aromatic N) is 1. The van der Waals surface area contributed by atoms with Gasteiger partial charge in [-0.2, -0.15) is 5.10 Å². The molecule has 3 N–H and O–H groups in total. The Morgan fingerprint density at radius 1 is 1.30 bits per heavy atom. The second-order valence-electron chi connectivity index (χ2n) is 4.60. The van der Waals surface area contributed by atoms with Gasteiger partial charge in [0.05, 0.1) is 13.3 Å². The highest BCUT2D eigenvalue weighted by atomic mass is 35.5. The van der Waals surface area contributed by atoms with Crippen LogP contribution in [0, 0.1) is 0 Å². The summed E-state index contributed by atoms with van der Waals surface area (Å²) in [6.07, 6.45) is 1.45. The maximum Gasteiger partial charge on any atom is 0.187 e. The maximum absolute atomic E-state index is 9.66. The first-order valence-electron chi connectivity index (χ1n) is 6.77. The fourth-order valence-electron chi connectivity index (χ4n) is 1.75. The Kier molecular flexibility index (Phi) is 6.19. The van der Waals surface area contributed by atoms with E-state index in [1.54, 1.807) is 19.2 Å². The molecule has 0 saturated heterocycles. The predicted octanol–water partition coefficient (Wildman–Crippen LogP) is 3.05. The molecule has 0 aliphatic carbocycles. The number of nitrogens with one attached hydrogen (secondary N) is 2. The van der Waals surface area contributed by atoms with Crippen LogP contribution in [0.2, 0.25) is 5.02 Å². The van der Waals surface area contributed by atoms with Crippen LogP contribution in [0.3, 0.4) is 0 Å². The van der Waals surface area contributed by atoms with Crippen LogP contribution >= 0.6 is 23.8 Å². The molecule has 0 unspecified atom stereocenters. The summed E-state index contributed by atoms with van der Waals surface area (Å²) >= 11 is 11.0. The summed E-state index contributed by atoms with van der Waals surface area (Å²) in [6.45, 7) is 0.563. The Bertz CT molecular complexity index is 705. The largest absolute Gasteiger partial charge is 0.507 e. The van der Waals surface area contributed by atoms with Gasteiger partial charge in [-0.15, -0.1) is 0 Å². The third kappa shape index (κ3) is 5.43. The van der Waals surface area contributed by atoms with E-state index in [0.29, 0.717) is 22.2 Å². The monoisotopic (exact) mass is 349 g/mol. The van der Waals surface area contributed by atoms with E-state index in [1.165, 1.54) is 12.3 Å². The van der Waals surface area contributed by atoms with Gasteiger partial charge in [-0.05, 0) is 48.1 Å². The summed E-state index contributed by atoms with van der Waals surface area (Å²) in [7, 11) is 1.63. The first kappa shape index (κ1) is 17.1. The number of halogens is 1. The molecule has 23 heavy (non-hydrogen) atoms. The predicted molar refractivity (Wildman–Crippen MR) is 96.3 cm³/mol. The third-order valence-corrected chi connectivity index (χ3v) is 3.44. The molecule has 0 bridgehead atoms. The van der Waals surface area contributed by atoms with Crippen LogP contribution in [-0.4, -0.2) is 23.5 Å². The quantitative estimate of drug-likeness (QED) is 0.440.